The van der Waals surface area contributed by atoms with Crippen molar-refractivity contribution in [2.45, 2.75) is 6.42 Å². The van der Waals surface area contributed by atoms with E-state index in [9.17, 15) is 4.79 Å². The van der Waals surface area contributed by atoms with Crippen molar-refractivity contribution in [1.82, 2.24) is 0 Å². The number of carbonyl (C=O) groups is 1. The van der Waals surface area contributed by atoms with Gasteiger partial charge in [0.25, 0.3) is 0 Å². The molecule has 0 atom stereocenters. The number of carbonyl (C=O) groups excluding carboxylic acids is 1. The summed E-state index contributed by atoms with van der Waals surface area (Å²) in [4.78, 5) is 9.93. The second-order valence-electron chi connectivity index (χ2n) is 1.43. The summed E-state index contributed by atoms with van der Waals surface area (Å²) in [6.07, 6.45) is 1.90. The van der Waals surface area contributed by atoms with Crippen LogP contribution in [0.5, 0.6) is 0 Å². The van der Waals surface area contributed by atoms with Crippen molar-refractivity contribution < 1.29 is 4.79 Å². The van der Waals surface area contributed by atoms with E-state index in [-0.39, 0.29) is 0 Å². The molecule has 0 spiro atoms. The van der Waals surface area contributed by atoms with Crippen LogP contribution in [-0.2, 0) is 4.79 Å². The number of thioether (sulfide) groups is 1. The topological polar surface area (TPSA) is 17.1 Å². The van der Waals surface area contributed by atoms with Crippen LogP contribution in [0.4, 0.5) is 0 Å². The molecule has 38 valence electrons. The first-order valence-corrected chi connectivity index (χ1v) is 3.24. The standard InChI is InChI=1S/C5H6OS/c6-3-5-1-2-7-4-5/h3-4H,1-2H2. The predicted molar refractivity (Wildman–Crippen MR) is 31.2 cm³/mol. The minimum atomic E-state index is 0.931. The van der Waals surface area contributed by atoms with Gasteiger partial charge in [-0.25, -0.2) is 0 Å². The van der Waals surface area contributed by atoms with Gasteiger partial charge in [-0.05, 0) is 17.4 Å². The lowest BCUT2D eigenvalue weighted by molar-refractivity contribution is -0.104. The Kier molecular flexibility index (Phi) is 1.52. The van der Waals surface area contributed by atoms with Crippen LogP contribution in [0, 0.1) is 0 Å². The van der Waals surface area contributed by atoms with Crippen molar-refractivity contribution in [3.63, 3.8) is 0 Å². The molecule has 1 rings (SSSR count). The smallest absolute Gasteiger partial charge is 0.146 e. The van der Waals surface area contributed by atoms with E-state index in [1.807, 2.05) is 5.41 Å². The van der Waals surface area contributed by atoms with E-state index in [0.29, 0.717) is 0 Å². The van der Waals surface area contributed by atoms with Crippen molar-refractivity contribution in [3.8, 4) is 0 Å². The summed E-state index contributed by atoms with van der Waals surface area (Å²) < 4.78 is 0. The molecule has 2 heteroatoms. The lowest BCUT2D eigenvalue weighted by atomic mass is 10.3. The normalized spacial score (nSPS) is 19.1. The van der Waals surface area contributed by atoms with Crippen LogP contribution in [0.1, 0.15) is 6.42 Å². The van der Waals surface area contributed by atoms with E-state index in [2.05, 4.69) is 0 Å². The predicted octanol–water partition coefficient (Wildman–Crippen LogP) is 1.21. The Morgan fingerprint density at radius 3 is 3.00 bits per heavy atom. The molecule has 0 bridgehead atoms. The van der Waals surface area contributed by atoms with Gasteiger partial charge in [0.15, 0.2) is 0 Å². The summed E-state index contributed by atoms with van der Waals surface area (Å²) in [7, 11) is 0. The van der Waals surface area contributed by atoms with E-state index in [1.165, 1.54) is 0 Å². The maximum absolute atomic E-state index is 9.93. The van der Waals surface area contributed by atoms with E-state index in [0.717, 1.165) is 24.0 Å². The first-order chi connectivity index (χ1) is 3.43. The number of hydrogen-bond acceptors (Lipinski definition) is 2. The van der Waals surface area contributed by atoms with Gasteiger partial charge in [0.1, 0.15) is 6.29 Å². The second-order valence-corrected chi connectivity index (χ2v) is 2.41. The van der Waals surface area contributed by atoms with Gasteiger partial charge in [-0.2, -0.15) is 0 Å². The highest BCUT2D eigenvalue weighted by atomic mass is 32.2. The van der Waals surface area contributed by atoms with Crippen LogP contribution in [0.25, 0.3) is 0 Å². The minimum absolute atomic E-state index is 0.931. The molecule has 0 unspecified atom stereocenters. The van der Waals surface area contributed by atoms with E-state index in [4.69, 9.17) is 0 Å². The first kappa shape index (κ1) is 4.91. The molecule has 7 heavy (non-hydrogen) atoms. The lowest BCUT2D eigenvalue weighted by Crippen LogP contribution is -1.76. The van der Waals surface area contributed by atoms with Gasteiger partial charge in [0.2, 0.25) is 0 Å². The van der Waals surface area contributed by atoms with E-state index >= 15 is 0 Å². The molecular weight excluding hydrogens is 108 g/mol. The maximum atomic E-state index is 9.93. The molecule has 0 N–H and O–H groups in total. The fourth-order valence-corrected chi connectivity index (χ4v) is 1.35. The van der Waals surface area contributed by atoms with Crippen LogP contribution in [-0.4, -0.2) is 12.0 Å². The van der Waals surface area contributed by atoms with Crippen LogP contribution in [0.2, 0.25) is 0 Å². The molecule has 1 nitrogen and oxygen atoms in total. The summed E-state index contributed by atoms with van der Waals surface area (Å²) in [5.41, 5.74) is 0.949. The van der Waals surface area contributed by atoms with Crippen molar-refractivity contribution in [3.05, 3.63) is 11.0 Å². The third-order valence-corrected chi connectivity index (χ3v) is 1.80. The molecule has 0 aromatic heterocycles. The molecule has 0 saturated heterocycles. The summed E-state index contributed by atoms with van der Waals surface area (Å²) in [6, 6.07) is 0. The van der Waals surface area contributed by atoms with Gasteiger partial charge >= 0.3 is 0 Å². The first-order valence-electron chi connectivity index (χ1n) is 2.19. The van der Waals surface area contributed by atoms with Gasteiger partial charge < -0.3 is 0 Å². The van der Waals surface area contributed by atoms with Gasteiger partial charge in [0, 0.05) is 5.75 Å². The summed E-state index contributed by atoms with van der Waals surface area (Å²) in [6.45, 7) is 0. The maximum Gasteiger partial charge on any atom is 0.146 e. The van der Waals surface area contributed by atoms with Crippen molar-refractivity contribution >= 4 is 18.0 Å². The van der Waals surface area contributed by atoms with Gasteiger partial charge in [-0.15, -0.1) is 11.8 Å². The molecule has 1 heterocycles. The Balaban J connectivity index is 2.51. The van der Waals surface area contributed by atoms with Crippen molar-refractivity contribution in [2.24, 2.45) is 0 Å². The summed E-state index contributed by atoms with van der Waals surface area (Å²) in [5.74, 6) is 1.09. The molecule has 0 saturated carbocycles. The molecule has 0 radical (unpaired) electrons. The fourth-order valence-electron chi connectivity index (χ4n) is 0.488. The summed E-state index contributed by atoms with van der Waals surface area (Å²) >= 11 is 1.71. The third-order valence-electron chi connectivity index (χ3n) is 0.895. The van der Waals surface area contributed by atoms with Crippen LogP contribution in [0.3, 0.4) is 0 Å². The average molecular weight is 114 g/mol. The molecule has 0 aromatic rings. The number of aldehydes is 1. The zero-order chi connectivity index (χ0) is 5.11. The monoisotopic (exact) mass is 114 g/mol. The van der Waals surface area contributed by atoms with E-state index < -0.39 is 0 Å². The highest BCUT2D eigenvalue weighted by Gasteiger charge is 2.00. The van der Waals surface area contributed by atoms with Crippen LogP contribution < -0.4 is 0 Å². The molecule has 0 fully saturated rings. The zero-order valence-electron chi connectivity index (χ0n) is 3.89. The molecular formula is C5H6OS. The summed E-state index contributed by atoms with van der Waals surface area (Å²) in [5, 5.41) is 1.92. The number of rotatable bonds is 1. The Hall–Kier alpha value is -0.240. The van der Waals surface area contributed by atoms with Crippen molar-refractivity contribution in [1.29, 1.82) is 0 Å². The number of hydrogen-bond donors (Lipinski definition) is 0. The third kappa shape index (κ3) is 1.06. The van der Waals surface area contributed by atoms with E-state index in [1.54, 1.807) is 11.8 Å². The SMILES string of the molecule is O=CC1=CSCC1. The molecule has 0 aromatic carbocycles. The van der Waals surface area contributed by atoms with Crippen LogP contribution >= 0.6 is 11.8 Å². The Labute approximate surface area is 46.8 Å². The highest BCUT2D eigenvalue weighted by Crippen LogP contribution is 2.19. The second kappa shape index (κ2) is 2.17. The quantitative estimate of drug-likeness (QED) is 0.476. The lowest BCUT2D eigenvalue weighted by Gasteiger charge is -1.77. The molecule has 1 aliphatic heterocycles. The Morgan fingerprint density at radius 2 is 2.71 bits per heavy atom. The minimum Gasteiger partial charge on any atom is -0.298 e. The van der Waals surface area contributed by atoms with Gasteiger partial charge in [-0.3, -0.25) is 4.79 Å². The molecule has 1 aliphatic rings. The Bertz CT molecular complexity index is 107. The Morgan fingerprint density at radius 1 is 1.86 bits per heavy atom. The average Bonchev–Trinajstić information content (AvgIpc) is 2.14. The molecule has 0 aliphatic carbocycles. The van der Waals surface area contributed by atoms with Gasteiger partial charge in [-0.1, -0.05) is 0 Å². The van der Waals surface area contributed by atoms with Gasteiger partial charge in [0.05, 0.1) is 0 Å². The zero-order valence-corrected chi connectivity index (χ0v) is 4.70. The highest BCUT2D eigenvalue weighted by molar-refractivity contribution is 8.02. The van der Waals surface area contributed by atoms with Crippen LogP contribution in [0.15, 0.2) is 11.0 Å². The molecule has 0 amide bonds. The largest absolute Gasteiger partial charge is 0.298 e. The number of allylic oxidation sites excluding steroid dienone is 1. The van der Waals surface area contributed by atoms with Crippen molar-refractivity contribution in [2.75, 3.05) is 5.75 Å². The fraction of sp³-hybridized carbons (Fsp3) is 0.400.